The van der Waals surface area contributed by atoms with Crippen LogP contribution in [0.15, 0.2) is 78.9 Å². The largest absolute Gasteiger partial charge is 0.493 e. The van der Waals surface area contributed by atoms with Crippen LogP contribution >= 0.6 is 0 Å². The summed E-state index contributed by atoms with van der Waals surface area (Å²) >= 11 is 0. The number of hydrogen-bond acceptors (Lipinski definition) is 3. The number of likely N-dealkylation sites (tertiary alicyclic amines) is 2. The Labute approximate surface area is 220 Å². The fourth-order valence-corrected chi connectivity index (χ4v) is 5.63. The smallest absolute Gasteiger partial charge is 0.227 e. The maximum Gasteiger partial charge on any atom is 0.227 e. The Bertz CT molecular complexity index is 1130. The van der Waals surface area contributed by atoms with Gasteiger partial charge in [-0.3, -0.25) is 9.69 Å². The molecule has 5 rings (SSSR count). The third-order valence-electron chi connectivity index (χ3n) is 7.81. The molecule has 0 radical (unpaired) electrons. The van der Waals surface area contributed by atoms with Crippen molar-refractivity contribution < 1.29 is 13.9 Å². The number of piperidine rings is 2. The zero-order valence-electron chi connectivity index (χ0n) is 21.5. The van der Waals surface area contributed by atoms with E-state index in [0.29, 0.717) is 24.9 Å². The molecule has 1 amide bonds. The molecule has 2 heterocycles. The summed E-state index contributed by atoms with van der Waals surface area (Å²) in [5, 5.41) is 0. The highest BCUT2D eigenvalue weighted by molar-refractivity contribution is 5.78. The lowest BCUT2D eigenvalue weighted by Crippen LogP contribution is -2.42. The number of carbonyl (C=O) groups excluding carboxylic acids is 1. The Morgan fingerprint density at radius 1 is 0.838 bits per heavy atom. The first-order chi connectivity index (χ1) is 18.1. The van der Waals surface area contributed by atoms with E-state index in [-0.39, 0.29) is 11.7 Å². The van der Waals surface area contributed by atoms with Gasteiger partial charge in [0.05, 0.1) is 13.0 Å². The summed E-state index contributed by atoms with van der Waals surface area (Å²) in [7, 11) is 0. The van der Waals surface area contributed by atoms with E-state index in [1.165, 1.54) is 36.1 Å². The van der Waals surface area contributed by atoms with Gasteiger partial charge >= 0.3 is 0 Å². The molecule has 3 aromatic carbocycles. The van der Waals surface area contributed by atoms with Crippen molar-refractivity contribution in [1.82, 2.24) is 9.80 Å². The maximum absolute atomic E-state index is 13.1. The summed E-state index contributed by atoms with van der Waals surface area (Å²) in [5.41, 5.74) is 3.65. The van der Waals surface area contributed by atoms with Crippen LogP contribution in [0.4, 0.5) is 4.39 Å². The first-order valence-electron chi connectivity index (χ1n) is 13.6. The molecule has 2 aliphatic heterocycles. The van der Waals surface area contributed by atoms with Gasteiger partial charge in [-0.2, -0.15) is 0 Å². The summed E-state index contributed by atoms with van der Waals surface area (Å²) in [6.45, 7) is 5.37. The number of ether oxygens (including phenoxy) is 1. The average molecular weight is 501 g/mol. The Morgan fingerprint density at radius 2 is 1.54 bits per heavy atom. The van der Waals surface area contributed by atoms with Crippen LogP contribution in [-0.4, -0.2) is 48.5 Å². The lowest BCUT2D eigenvalue weighted by molar-refractivity contribution is -0.132. The fourth-order valence-electron chi connectivity index (χ4n) is 5.63. The minimum Gasteiger partial charge on any atom is -0.493 e. The normalized spacial score (nSPS) is 19.1. The first-order valence-corrected chi connectivity index (χ1v) is 13.6. The van der Waals surface area contributed by atoms with E-state index in [9.17, 15) is 9.18 Å². The molecule has 194 valence electrons. The molecule has 0 aromatic heterocycles. The van der Waals surface area contributed by atoms with Gasteiger partial charge in [0.1, 0.15) is 11.6 Å². The second kappa shape index (κ2) is 12.4. The van der Waals surface area contributed by atoms with Crippen LogP contribution in [0.5, 0.6) is 5.75 Å². The molecule has 0 saturated carbocycles. The van der Waals surface area contributed by atoms with E-state index in [1.54, 1.807) is 12.1 Å². The molecular weight excluding hydrogens is 463 g/mol. The number of hydrogen-bond donors (Lipinski definition) is 0. The van der Waals surface area contributed by atoms with E-state index < -0.39 is 0 Å². The van der Waals surface area contributed by atoms with Gasteiger partial charge < -0.3 is 9.64 Å². The van der Waals surface area contributed by atoms with Gasteiger partial charge in [0, 0.05) is 25.6 Å². The molecule has 2 aliphatic rings. The predicted octanol–water partition coefficient (Wildman–Crippen LogP) is 6.07. The van der Waals surface area contributed by atoms with Crippen molar-refractivity contribution in [2.45, 2.75) is 44.6 Å². The number of halogens is 1. The topological polar surface area (TPSA) is 32.8 Å². The molecular formula is C32H37FN2O2. The number of benzene rings is 3. The molecule has 0 N–H and O–H groups in total. The van der Waals surface area contributed by atoms with Crippen molar-refractivity contribution in [3.05, 3.63) is 101 Å². The predicted molar refractivity (Wildman–Crippen MR) is 145 cm³/mol. The van der Waals surface area contributed by atoms with Gasteiger partial charge in [0.15, 0.2) is 0 Å². The lowest BCUT2D eigenvalue weighted by Gasteiger charge is -2.33. The van der Waals surface area contributed by atoms with Crippen LogP contribution in [0, 0.1) is 11.7 Å². The first kappa shape index (κ1) is 25.5. The van der Waals surface area contributed by atoms with Crippen molar-refractivity contribution in [2.75, 3.05) is 32.8 Å². The zero-order chi connectivity index (χ0) is 25.5. The minimum atomic E-state index is -0.275. The van der Waals surface area contributed by atoms with Crippen LogP contribution in [0.1, 0.15) is 48.3 Å². The van der Waals surface area contributed by atoms with Crippen molar-refractivity contribution in [2.24, 2.45) is 5.92 Å². The highest BCUT2D eigenvalue weighted by Gasteiger charge is 2.24. The molecule has 1 unspecified atom stereocenters. The summed E-state index contributed by atoms with van der Waals surface area (Å²) < 4.78 is 19.3. The highest BCUT2D eigenvalue weighted by Crippen LogP contribution is 2.28. The monoisotopic (exact) mass is 500 g/mol. The summed E-state index contributed by atoms with van der Waals surface area (Å²) in [5.74, 6) is 1.73. The second-order valence-corrected chi connectivity index (χ2v) is 10.6. The van der Waals surface area contributed by atoms with Crippen LogP contribution in [0.2, 0.25) is 0 Å². The van der Waals surface area contributed by atoms with E-state index in [2.05, 4.69) is 59.5 Å². The Hall–Kier alpha value is -3.18. The third-order valence-corrected chi connectivity index (χ3v) is 7.81. The summed E-state index contributed by atoms with van der Waals surface area (Å²) in [6.07, 6.45) is 4.81. The zero-order valence-corrected chi connectivity index (χ0v) is 21.5. The molecule has 2 fully saturated rings. The van der Waals surface area contributed by atoms with Crippen LogP contribution in [0.25, 0.3) is 0 Å². The van der Waals surface area contributed by atoms with Gasteiger partial charge in [0.2, 0.25) is 5.91 Å². The molecule has 0 bridgehead atoms. The molecule has 0 aliphatic carbocycles. The van der Waals surface area contributed by atoms with Crippen molar-refractivity contribution in [3.63, 3.8) is 0 Å². The molecule has 0 spiro atoms. The van der Waals surface area contributed by atoms with Crippen LogP contribution in [0.3, 0.4) is 0 Å². The van der Waals surface area contributed by atoms with E-state index in [1.807, 2.05) is 4.90 Å². The van der Waals surface area contributed by atoms with Gasteiger partial charge in [-0.1, -0.05) is 54.6 Å². The number of rotatable bonds is 8. The standard InChI is InChI=1S/C32H37FN2O2/c33-30-12-8-25(9-13-30)21-32(36)35-18-4-5-27(23-35)24-37-31-14-10-26(11-15-31)22-34-19-16-29(17-20-34)28-6-2-1-3-7-28/h1-3,6-15,27,29H,4-5,16-24H2. The number of carbonyl (C=O) groups is 1. The second-order valence-electron chi connectivity index (χ2n) is 10.6. The average Bonchev–Trinajstić information content (AvgIpc) is 2.95. The molecule has 5 heteroatoms. The van der Waals surface area contributed by atoms with Gasteiger partial charge in [0.25, 0.3) is 0 Å². The molecule has 37 heavy (non-hydrogen) atoms. The third kappa shape index (κ3) is 7.20. The molecule has 2 saturated heterocycles. The Morgan fingerprint density at radius 3 is 2.27 bits per heavy atom. The number of amides is 1. The summed E-state index contributed by atoms with van der Waals surface area (Å²) in [6, 6.07) is 25.6. The lowest BCUT2D eigenvalue weighted by atomic mass is 9.89. The van der Waals surface area contributed by atoms with Crippen molar-refractivity contribution in [1.29, 1.82) is 0 Å². The van der Waals surface area contributed by atoms with E-state index >= 15 is 0 Å². The SMILES string of the molecule is O=C(Cc1ccc(F)cc1)N1CCCC(COc2ccc(CN3CCC(c4ccccc4)CC3)cc2)C1. The quantitative estimate of drug-likeness (QED) is 0.377. The van der Waals surface area contributed by atoms with Gasteiger partial charge in [-0.15, -0.1) is 0 Å². The van der Waals surface area contributed by atoms with Crippen LogP contribution in [-0.2, 0) is 17.8 Å². The Balaban J connectivity index is 1.04. The summed E-state index contributed by atoms with van der Waals surface area (Å²) in [4.78, 5) is 17.2. The molecule has 1 atom stereocenters. The van der Waals surface area contributed by atoms with Gasteiger partial charge in [-0.05, 0) is 85.6 Å². The molecule has 4 nitrogen and oxygen atoms in total. The van der Waals surface area contributed by atoms with Crippen molar-refractivity contribution >= 4 is 5.91 Å². The van der Waals surface area contributed by atoms with E-state index in [0.717, 1.165) is 56.9 Å². The highest BCUT2D eigenvalue weighted by atomic mass is 19.1. The number of nitrogens with zero attached hydrogens (tertiary/aromatic N) is 2. The fraction of sp³-hybridized carbons (Fsp3) is 0.406. The molecule has 3 aromatic rings. The Kier molecular flexibility index (Phi) is 8.52. The minimum absolute atomic E-state index is 0.105. The van der Waals surface area contributed by atoms with Crippen LogP contribution < -0.4 is 4.74 Å². The van der Waals surface area contributed by atoms with Crippen molar-refractivity contribution in [3.8, 4) is 5.75 Å². The van der Waals surface area contributed by atoms with E-state index in [4.69, 9.17) is 4.74 Å². The maximum atomic E-state index is 13.1. The van der Waals surface area contributed by atoms with Gasteiger partial charge in [-0.25, -0.2) is 4.39 Å².